The van der Waals surface area contributed by atoms with Crippen LogP contribution < -0.4 is 5.32 Å². The summed E-state index contributed by atoms with van der Waals surface area (Å²) in [5.41, 5.74) is 2.12. The summed E-state index contributed by atoms with van der Waals surface area (Å²) < 4.78 is 7.48. The first-order valence-corrected chi connectivity index (χ1v) is 8.02. The summed E-state index contributed by atoms with van der Waals surface area (Å²) >= 11 is 0. The fourth-order valence-electron chi connectivity index (χ4n) is 2.82. The van der Waals surface area contributed by atoms with Gasteiger partial charge in [-0.05, 0) is 25.3 Å². The van der Waals surface area contributed by atoms with Crippen LogP contribution in [0.5, 0.6) is 0 Å². The third-order valence-electron chi connectivity index (χ3n) is 4.09. The average Bonchev–Trinajstić information content (AvgIpc) is 2.98. The molecule has 6 heteroatoms. The number of nitrogens with one attached hydrogen (secondary N) is 1. The number of carbonyl (C=O) groups excluding carboxylic acids is 1. The van der Waals surface area contributed by atoms with E-state index < -0.39 is 0 Å². The highest BCUT2D eigenvalue weighted by Crippen LogP contribution is 2.16. The van der Waals surface area contributed by atoms with Gasteiger partial charge in [0.1, 0.15) is 0 Å². The van der Waals surface area contributed by atoms with Crippen molar-refractivity contribution in [2.24, 2.45) is 5.92 Å². The summed E-state index contributed by atoms with van der Waals surface area (Å²) in [5, 5.41) is 11.1. The molecule has 0 unspecified atom stereocenters. The van der Waals surface area contributed by atoms with Crippen molar-refractivity contribution in [3.63, 3.8) is 0 Å². The number of fused-ring (bicyclic) bond motifs is 1. The fraction of sp³-hybridized carbons (Fsp3) is 0.471. The second-order valence-electron chi connectivity index (χ2n) is 6.05. The monoisotopic (exact) mass is 314 g/mol. The molecule has 1 amide bonds. The molecule has 2 heterocycles. The number of aryl methyl sites for hydroxylation is 1. The number of hydrogen-bond donors (Lipinski definition) is 1. The second kappa shape index (κ2) is 7.37. The van der Waals surface area contributed by atoms with E-state index in [2.05, 4.69) is 27.8 Å². The van der Waals surface area contributed by atoms with Crippen molar-refractivity contribution in [1.82, 2.24) is 20.3 Å². The summed E-state index contributed by atoms with van der Waals surface area (Å²) in [4.78, 5) is 12.6. The van der Waals surface area contributed by atoms with Gasteiger partial charge < -0.3 is 10.1 Å². The molecule has 6 nitrogen and oxygen atoms in total. The maximum atomic E-state index is 12.6. The summed E-state index contributed by atoms with van der Waals surface area (Å²) in [5.74, 6) is -0.0106. The number of carbonyl (C=O) groups is 1. The van der Waals surface area contributed by atoms with E-state index in [4.69, 9.17) is 4.74 Å². The van der Waals surface area contributed by atoms with Crippen molar-refractivity contribution in [3.8, 4) is 0 Å². The minimum absolute atomic E-state index is 0.0109. The molecule has 1 aliphatic rings. The lowest BCUT2D eigenvalue weighted by Gasteiger charge is -2.19. The molecule has 0 fully saturated rings. The average molecular weight is 314 g/mol. The highest BCUT2D eigenvalue weighted by Gasteiger charge is 2.22. The molecule has 0 radical (unpaired) electrons. The molecule has 2 atom stereocenters. The van der Waals surface area contributed by atoms with E-state index in [-0.39, 0.29) is 17.9 Å². The van der Waals surface area contributed by atoms with E-state index in [0.717, 1.165) is 18.5 Å². The van der Waals surface area contributed by atoms with Gasteiger partial charge in [-0.25, -0.2) is 4.68 Å². The minimum atomic E-state index is -0.0880. The topological polar surface area (TPSA) is 69.0 Å². The van der Waals surface area contributed by atoms with Crippen molar-refractivity contribution in [2.45, 2.75) is 39.0 Å². The van der Waals surface area contributed by atoms with Gasteiger partial charge in [0.25, 0.3) is 0 Å². The third-order valence-corrected chi connectivity index (χ3v) is 4.09. The van der Waals surface area contributed by atoms with Crippen LogP contribution in [0, 0.1) is 5.92 Å². The van der Waals surface area contributed by atoms with Gasteiger partial charge in [0.15, 0.2) is 0 Å². The maximum Gasteiger partial charge on any atom is 0.223 e. The second-order valence-corrected chi connectivity index (χ2v) is 6.05. The Bertz CT molecular complexity index is 641. The van der Waals surface area contributed by atoms with Crippen LogP contribution in [0.4, 0.5) is 0 Å². The van der Waals surface area contributed by atoms with Crippen LogP contribution in [0.2, 0.25) is 0 Å². The van der Waals surface area contributed by atoms with Gasteiger partial charge in [-0.1, -0.05) is 35.5 Å². The van der Waals surface area contributed by atoms with Gasteiger partial charge in [-0.3, -0.25) is 4.79 Å². The predicted octanol–water partition coefficient (Wildman–Crippen LogP) is 1.56. The van der Waals surface area contributed by atoms with Gasteiger partial charge in [0.2, 0.25) is 5.91 Å². The van der Waals surface area contributed by atoms with Crippen molar-refractivity contribution in [1.29, 1.82) is 0 Å². The van der Waals surface area contributed by atoms with Crippen LogP contribution in [0.1, 0.15) is 24.6 Å². The lowest BCUT2D eigenvalue weighted by atomic mass is 9.95. The largest absolute Gasteiger partial charge is 0.373 e. The van der Waals surface area contributed by atoms with Crippen LogP contribution >= 0.6 is 0 Å². The Kier molecular flexibility index (Phi) is 5.02. The Morgan fingerprint density at radius 2 is 2.17 bits per heavy atom. The normalized spacial score (nSPS) is 22.7. The number of nitrogens with zero attached hydrogens (tertiary/aromatic N) is 3. The van der Waals surface area contributed by atoms with Crippen LogP contribution in [0.15, 0.2) is 36.5 Å². The maximum absolute atomic E-state index is 12.6. The van der Waals surface area contributed by atoms with Crippen molar-refractivity contribution >= 4 is 5.91 Å². The first-order valence-electron chi connectivity index (χ1n) is 8.02. The van der Waals surface area contributed by atoms with E-state index in [1.165, 1.54) is 5.56 Å². The number of amides is 1. The van der Waals surface area contributed by atoms with E-state index in [0.29, 0.717) is 19.8 Å². The first kappa shape index (κ1) is 15.7. The standard InChI is InChI=1S/C17H22N4O2/c1-13-11-23-12-16-10-18-20-21(16)8-7-15(17(22)19-13)9-14-5-3-2-4-6-14/h2-6,10,13,15H,7-9,11-12H2,1H3,(H,19,22)/t13-,15-/m1/s1. The summed E-state index contributed by atoms with van der Waals surface area (Å²) in [6.07, 6.45) is 3.18. The van der Waals surface area contributed by atoms with Crippen molar-refractivity contribution in [2.75, 3.05) is 6.61 Å². The SMILES string of the molecule is C[C@@H]1COCc2cnnn2CC[C@H](Cc2ccccc2)C(=O)N1. The number of ether oxygens (including phenoxy) is 1. The Labute approximate surface area is 135 Å². The molecule has 3 rings (SSSR count). The zero-order chi connectivity index (χ0) is 16.1. The first-order chi connectivity index (χ1) is 11.2. The zero-order valence-corrected chi connectivity index (χ0v) is 13.3. The van der Waals surface area contributed by atoms with Gasteiger partial charge in [0, 0.05) is 18.5 Å². The molecule has 23 heavy (non-hydrogen) atoms. The summed E-state index contributed by atoms with van der Waals surface area (Å²) in [6, 6.07) is 10.1. The predicted molar refractivity (Wildman–Crippen MR) is 85.5 cm³/mol. The zero-order valence-electron chi connectivity index (χ0n) is 13.3. The molecule has 0 bridgehead atoms. The molecular formula is C17H22N4O2. The van der Waals surface area contributed by atoms with Crippen LogP contribution in [0.25, 0.3) is 0 Å². The molecule has 1 aromatic carbocycles. The highest BCUT2D eigenvalue weighted by molar-refractivity contribution is 5.79. The molecule has 0 spiro atoms. The number of benzene rings is 1. The quantitative estimate of drug-likeness (QED) is 0.913. The van der Waals surface area contributed by atoms with Crippen LogP contribution in [-0.4, -0.2) is 33.5 Å². The summed E-state index contributed by atoms with van der Waals surface area (Å²) in [7, 11) is 0. The molecule has 1 N–H and O–H groups in total. The summed E-state index contributed by atoms with van der Waals surface area (Å²) in [6.45, 7) is 3.58. The van der Waals surface area contributed by atoms with Crippen LogP contribution in [0.3, 0.4) is 0 Å². The Balaban J connectivity index is 1.77. The molecule has 0 aliphatic carbocycles. The number of hydrogen-bond acceptors (Lipinski definition) is 4. The Morgan fingerprint density at radius 3 is 3.00 bits per heavy atom. The molecule has 0 saturated heterocycles. The Morgan fingerprint density at radius 1 is 1.35 bits per heavy atom. The van der Waals surface area contributed by atoms with Gasteiger partial charge >= 0.3 is 0 Å². The van der Waals surface area contributed by atoms with Crippen molar-refractivity contribution in [3.05, 3.63) is 47.8 Å². The van der Waals surface area contributed by atoms with Gasteiger partial charge in [-0.15, -0.1) is 5.10 Å². The smallest absolute Gasteiger partial charge is 0.223 e. The fourth-order valence-corrected chi connectivity index (χ4v) is 2.82. The number of aromatic nitrogens is 3. The van der Waals surface area contributed by atoms with Crippen molar-refractivity contribution < 1.29 is 9.53 Å². The molecular weight excluding hydrogens is 292 g/mol. The lowest BCUT2D eigenvalue weighted by Crippen LogP contribution is -2.40. The highest BCUT2D eigenvalue weighted by atomic mass is 16.5. The van der Waals surface area contributed by atoms with E-state index in [1.54, 1.807) is 6.20 Å². The van der Waals surface area contributed by atoms with E-state index >= 15 is 0 Å². The minimum Gasteiger partial charge on any atom is -0.373 e. The van der Waals surface area contributed by atoms with E-state index in [1.807, 2.05) is 29.8 Å². The van der Waals surface area contributed by atoms with Crippen LogP contribution in [-0.2, 0) is 29.1 Å². The molecule has 1 aliphatic heterocycles. The Hall–Kier alpha value is -2.21. The lowest BCUT2D eigenvalue weighted by molar-refractivity contribution is -0.126. The van der Waals surface area contributed by atoms with Gasteiger partial charge in [0.05, 0.1) is 25.1 Å². The van der Waals surface area contributed by atoms with E-state index in [9.17, 15) is 4.79 Å². The molecule has 122 valence electrons. The third kappa shape index (κ3) is 4.16. The number of rotatable bonds is 2. The van der Waals surface area contributed by atoms with Gasteiger partial charge in [-0.2, -0.15) is 0 Å². The molecule has 2 aromatic rings. The molecule has 1 aromatic heterocycles. The molecule has 0 saturated carbocycles.